The van der Waals surface area contributed by atoms with Gasteiger partial charge in [0.15, 0.2) is 0 Å². The van der Waals surface area contributed by atoms with E-state index in [0.717, 1.165) is 13.1 Å². The molecule has 2 heterocycles. The Morgan fingerprint density at radius 3 is 3.06 bits per heavy atom. The zero-order valence-electron chi connectivity index (χ0n) is 10.5. The first-order chi connectivity index (χ1) is 7.77. The van der Waals surface area contributed by atoms with Crippen molar-refractivity contribution in [2.45, 2.75) is 25.9 Å². The molecular formula is C12H22N4. The van der Waals surface area contributed by atoms with Crippen LogP contribution in [0.5, 0.6) is 0 Å². The number of nitrogens with zero attached hydrogens (tertiary/aromatic N) is 3. The Labute approximate surface area is 97.7 Å². The van der Waals surface area contributed by atoms with Crippen LogP contribution in [0.25, 0.3) is 0 Å². The molecule has 2 unspecified atom stereocenters. The van der Waals surface area contributed by atoms with E-state index in [0.29, 0.717) is 12.0 Å². The van der Waals surface area contributed by atoms with Gasteiger partial charge >= 0.3 is 0 Å². The Balaban J connectivity index is 2.22. The van der Waals surface area contributed by atoms with Gasteiger partial charge in [-0.15, -0.1) is 0 Å². The second kappa shape index (κ2) is 4.97. The zero-order chi connectivity index (χ0) is 11.5. The first kappa shape index (κ1) is 11.6. The standard InChI is InChI=1S/C12H22N4/c1-4-16-9-14-8-11(16)12-10(7-13-2)5-6-15(12)3/h8-10,12-13H,4-7H2,1-3H3. The summed E-state index contributed by atoms with van der Waals surface area (Å²) in [5.41, 5.74) is 1.36. The van der Waals surface area contributed by atoms with E-state index in [9.17, 15) is 0 Å². The number of hydrogen-bond donors (Lipinski definition) is 1. The fourth-order valence-electron chi connectivity index (χ4n) is 2.81. The first-order valence-corrected chi connectivity index (χ1v) is 6.12. The van der Waals surface area contributed by atoms with E-state index in [1.54, 1.807) is 0 Å². The smallest absolute Gasteiger partial charge is 0.0948 e. The van der Waals surface area contributed by atoms with E-state index in [2.05, 4.69) is 33.7 Å². The van der Waals surface area contributed by atoms with Gasteiger partial charge in [-0.3, -0.25) is 4.90 Å². The van der Waals surface area contributed by atoms with Crippen LogP contribution in [-0.2, 0) is 6.54 Å². The molecule has 16 heavy (non-hydrogen) atoms. The minimum atomic E-state index is 0.523. The topological polar surface area (TPSA) is 33.1 Å². The lowest BCUT2D eigenvalue weighted by Gasteiger charge is -2.25. The van der Waals surface area contributed by atoms with Crippen LogP contribution in [-0.4, -0.2) is 41.6 Å². The van der Waals surface area contributed by atoms with Crippen molar-refractivity contribution in [2.24, 2.45) is 5.92 Å². The zero-order valence-corrected chi connectivity index (χ0v) is 10.5. The molecule has 0 radical (unpaired) electrons. The largest absolute Gasteiger partial charge is 0.333 e. The number of hydrogen-bond acceptors (Lipinski definition) is 3. The maximum absolute atomic E-state index is 4.28. The van der Waals surface area contributed by atoms with E-state index in [1.807, 2.05) is 19.6 Å². The molecule has 4 nitrogen and oxygen atoms in total. The third-order valence-electron chi connectivity index (χ3n) is 3.63. The van der Waals surface area contributed by atoms with E-state index in [1.165, 1.54) is 18.7 Å². The molecule has 2 atom stereocenters. The van der Waals surface area contributed by atoms with Crippen LogP contribution in [0.4, 0.5) is 0 Å². The van der Waals surface area contributed by atoms with Gasteiger partial charge in [0.05, 0.1) is 18.1 Å². The van der Waals surface area contributed by atoms with Gasteiger partial charge in [-0.2, -0.15) is 0 Å². The van der Waals surface area contributed by atoms with Gasteiger partial charge in [-0.25, -0.2) is 4.98 Å². The van der Waals surface area contributed by atoms with Gasteiger partial charge in [0.25, 0.3) is 0 Å². The van der Waals surface area contributed by atoms with E-state index in [-0.39, 0.29) is 0 Å². The summed E-state index contributed by atoms with van der Waals surface area (Å²) >= 11 is 0. The average molecular weight is 222 g/mol. The maximum atomic E-state index is 4.28. The number of aryl methyl sites for hydroxylation is 1. The molecule has 1 saturated heterocycles. The molecule has 0 saturated carbocycles. The fraction of sp³-hybridized carbons (Fsp3) is 0.750. The third kappa shape index (κ3) is 1.99. The third-order valence-corrected chi connectivity index (χ3v) is 3.63. The minimum Gasteiger partial charge on any atom is -0.333 e. The number of rotatable bonds is 4. The van der Waals surface area contributed by atoms with Crippen molar-refractivity contribution in [1.29, 1.82) is 0 Å². The Hall–Kier alpha value is -0.870. The van der Waals surface area contributed by atoms with E-state index in [4.69, 9.17) is 0 Å². The predicted octanol–water partition coefficient (Wildman–Crippen LogP) is 1.12. The fourth-order valence-corrected chi connectivity index (χ4v) is 2.81. The lowest BCUT2D eigenvalue weighted by molar-refractivity contribution is 0.262. The van der Waals surface area contributed by atoms with Gasteiger partial charge in [0, 0.05) is 12.7 Å². The van der Waals surface area contributed by atoms with Gasteiger partial charge < -0.3 is 9.88 Å². The summed E-state index contributed by atoms with van der Waals surface area (Å²) in [7, 11) is 4.25. The van der Waals surface area contributed by atoms with Crippen molar-refractivity contribution in [1.82, 2.24) is 19.8 Å². The predicted molar refractivity (Wildman–Crippen MR) is 65.3 cm³/mol. The maximum Gasteiger partial charge on any atom is 0.0948 e. The SMILES string of the molecule is CCn1cncc1C1C(CNC)CCN1C. The van der Waals surface area contributed by atoms with E-state index < -0.39 is 0 Å². The molecule has 90 valence electrons. The van der Waals surface area contributed by atoms with Crippen molar-refractivity contribution in [3.63, 3.8) is 0 Å². The van der Waals surface area contributed by atoms with Gasteiger partial charge in [-0.1, -0.05) is 0 Å². The molecule has 1 fully saturated rings. The molecule has 1 aromatic heterocycles. The van der Waals surface area contributed by atoms with Gasteiger partial charge in [-0.05, 0) is 46.4 Å². The quantitative estimate of drug-likeness (QED) is 0.828. The Morgan fingerprint density at radius 2 is 2.38 bits per heavy atom. The summed E-state index contributed by atoms with van der Waals surface area (Å²) in [5.74, 6) is 0.706. The highest BCUT2D eigenvalue weighted by molar-refractivity contribution is 5.10. The lowest BCUT2D eigenvalue weighted by atomic mass is 9.98. The van der Waals surface area contributed by atoms with Gasteiger partial charge in [0.2, 0.25) is 0 Å². The normalized spacial score (nSPS) is 26.4. The first-order valence-electron chi connectivity index (χ1n) is 6.12. The Morgan fingerprint density at radius 1 is 1.56 bits per heavy atom. The molecule has 2 rings (SSSR count). The molecular weight excluding hydrogens is 200 g/mol. The number of imidazole rings is 1. The Bertz CT molecular complexity index is 332. The summed E-state index contributed by atoms with van der Waals surface area (Å²) in [6, 6.07) is 0.523. The summed E-state index contributed by atoms with van der Waals surface area (Å²) in [6.07, 6.45) is 5.24. The lowest BCUT2D eigenvalue weighted by Crippen LogP contribution is -2.28. The van der Waals surface area contributed by atoms with Gasteiger partial charge in [0.1, 0.15) is 0 Å². The van der Waals surface area contributed by atoms with Crippen LogP contribution in [0, 0.1) is 5.92 Å². The van der Waals surface area contributed by atoms with Crippen LogP contribution < -0.4 is 5.32 Å². The molecule has 1 aromatic rings. The highest BCUT2D eigenvalue weighted by Gasteiger charge is 2.34. The van der Waals surface area contributed by atoms with E-state index >= 15 is 0 Å². The van der Waals surface area contributed by atoms with Crippen molar-refractivity contribution in [3.8, 4) is 0 Å². The molecule has 0 bridgehead atoms. The molecule has 1 aliphatic rings. The minimum absolute atomic E-state index is 0.523. The monoisotopic (exact) mass is 222 g/mol. The second-order valence-corrected chi connectivity index (χ2v) is 4.64. The Kier molecular flexibility index (Phi) is 3.61. The average Bonchev–Trinajstić information content (AvgIpc) is 2.85. The summed E-state index contributed by atoms with van der Waals surface area (Å²) in [5, 5.41) is 3.30. The molecule has 0 aromatic carbocycles. The van der Waals surface area contributed by atoms with Crippen LogP contribution in [0.1, 0.15) is 25.1 Å². The molecule has 0 aliphatic carbocycles. The second-order valence-electron chi connectivity index (χ2n) is 4.64. The molecule has 0 amide bonds. The van der Waals surface area contributed by atoms with Crippen molar-refractivity contribution < 1.29 is 0 Å². The molecule has 1 aliphatic heterocycles. The molecule has 1 N–H and O–H groups in total. The van der Waals surface area contributed by atoms with Crippen molar-refractivity contribution in [2.75, 3.05) is 27.2 Å². The molecule has 0 spiro atoms. The van der Waals surface area contributed by atoms with Crippen LogP contribution >= 0.6 is 0 Å². The van der Waals surface area contributed by atoms with Crippen LogP contribution in [0.2, 0.25) is 0 Å². The highest BCUT2D eigenvalue weighted by Crippen LogP contribution is 2.35. The number of nitrogens with one attached hydrogen (secondary N) is 1. The van der Waals surface area contributed by atoms with Crippen molar-refractivity contribution in [3.05, 3.63) is 18.2 Å². The highest BCUT2D eigenvalue weighted by atomic mass is 15.2. The summed E-state index contributed by atoms with van der Waals surface area (Å²) < 4.78 is 2.26. The number of aromatic nitrogens is 2. The molecule has 4 heteroatoms. The van der Waals surface area contributed by atoms with Crippen LogP contribution in [0.3, 0.4) is 0 Å². The number of likely N-dealkylation sites (tertiary alicyclic amines) is 1. The summed E-state index contributed by atoms with van der Waals surface area (Å²) in [4.78, 5) is 6.73. The van der Waals surface area contributed by atoms with Crippen molar-refractivity contribution >= 4 is 0 Å². The summed E-state index contributed by atoms with van der Waals surface area (Å²) in [6.45, 7) is 5.45. The van der Waals surface area contributed by atoms with Crippen LogP contribution in [0.15, 0.2) is 12.5 Å².